The van der Waals surface area contributed by atoms with Crippen LogP contribution in [0.5, 0.6) is 0 Å². The average Bonchev–Trinajstić information content (AvgIpc) is 2.47. The Morgan fingerprint density at radius 1 is 1.60 bits per heavy atom. The Hall–Kier alpha value is -1.32. The Bertz CT molecular complexity index is 342. The minimum Gasteiger partial charge on any atom is -0.458 e. The summed E-state index contributed by atoms with van der Waals surface area (Å²) in [4.78, 5) is 11.5. The zero-order valence-corrected chi connectivity index (χ0v) is 9.78. The van der Waals surface area contributed by atoms with Crippen molar-refractivity contribution in [2.75, 3.05) is 0 Å². The summed E-state index contributed by atoms with van der Waals surface area (Å²) in [6, 6.07) is 1.80. The first kappa shape index (κ1) is 11.8. The fourth-order valence-corrected chi connectivity index (χ4v) is 1.37. The molecule has 1 rings (SSSR count). The summed E-state index contributed by atoms with van der Waals surface area (Å²) in [5.74, 6) is -0.344. The Kier molecular flexibility index (Phi) is 3.88. The maximum atomic E-state index is 11.5. The van der Waals surface area contributed by atoms with Crippen LogP contribution < -0.4 is 0 Å². The van der Waals surface area contributed by atoms with E-state index >= 15 is 0 Å². The summed E-state index contributed by atoms with van der Waals surface area (Å²) in [6.07, 6.45) is 1.87. The highest BCUT2D eigenvalue weighted by Gasteiger charge is 2.14. The van der Waals surface area contributed by atoms with E-state index in [2.05, 4.69) is 12.0 Å². The van der Waals surface area contributed by atoms with E-state index in [1.54, 1.807) is 10.7 Å². The first-order valence-electron chi connectivity index (χ1n) is 5.28. The normalized spacial score (nSPS) is 10.7. The number of ether oxygens (including phenoxy) is 1. The number of aryl methyl sites for hydroxylation is 2. The molecule has 0 aromatic carbocycles. The molecule has 0 unspecified atom stereocenters. The fourth-order valence-electron chi connectivity index (χ4n) is 1.37. The Morgan fingerprint density at radius 2 is 2.27 bits per heavy atom. The second-order valence-electron chi connectivity index (χ2n) is 3.85. The third-order valence-corrected chi connectivity index (χ3v) is 2.03. The van der Waals surface area contributed by atoms with Crippen molar-refractivity contribution in [2.24, 2.45) is 7.05 Å². The summed E-state index contributed by atoms with van der Waals surface area (Å²) >= 11 is 0. The van der Waals surface area contributed by atoms with E-state index in [4.69, 9.17) is 4.74 Å². The molecule has 1 heterocycles. The highest BCUT2D eigenvalue weighted by molar-refractivity contribution is 5.87. The Balaban J connectivity index is 2.78. The molecule has 0 fully saturated rings. The average molecular weight is 210 g/mol. The Labute approximate surface area is 90.2 Å². The molecule has 4 nitrogen and oxygen atoms in total. The number of nitrogens with zero attached hydrogens (tertiary/aromatic N) is 2. The molecule has 1 aromatic rings. The van der Waals surface area contributed by atoms with Gasteiger partial charge in [-0.1, -0.05) is 13.3 Å². The second kappa shape index (κ2) is 4.96. The minimum absolute atomic E-state index is 0.103. The van der Waals surface area contributed by atoms with Gasteiger partial charge in [0.1, 0.15) is 0 Å². The predicted octanol–water partition coefficient (Wildman–Crippen LogP) is 1.94. The third kappa shape index (κ3) is 3.08. The molecule has 0 radical (unpaired) electrons. The maximum Gasteiger partial charge on any atom is 0.359 e. The SMILES string of the molecule is CCCc1cc(C(=O)OC(C)C)nn1C. The summed E-state index contributed by atoms with van der Waals surface area (Å²) in [7, 11) is 1.84. The molecule has 0 spiro atoms. The lowest BCUT2D eigenvalue weighted by molar-refractivity contribution is 0.0370. The van der Waals surface area contributed by atoms with Crippen LogP contribution in [0.3, 0.4) is 0 Å². The zero-order valence-electron chi connectivity index (χ0n) is 9.78. The van der Waals surface area contributed by atoms with Crippen LogP contribution in [0.15, 0.2) is 6.07 Å². The van der Waals surface area contributed by atoms with Gasteiger partial charge in [-0.3, -0.25) is 4.68 Å². The van der Waals surface area contributed by atoms with E-state index in [9.17, 15) is 4.79 Å². The summed E-state index contributed by atoms with van der Waals surface area (Å²) in [6.45, 7) is 5.75. The van der Waals surface area contributed by atoms with Crippen LogP contribution in [0.25, 0.3) is 0 Å². The number of esters is 1. The van der Waals surface area contributed by atoms with Crippen LogP contribution in [0.1, 0.15) is 43.4 Å². The van der Waals surface area contributed by atoms with Gasteiger partial charge in [-0.25, -0.2) is 4.79 Å². The van der Waals surface area contributed by atoms with Crippen molar-refractivity contribution in [1.29, 1.82) is 0 Å². The van der Waals surface area contributed by atoms with Crippen molar-refractivity contribution >= 4 is 5.97 Å². The van der Waals surface area contributed by atoms with Gasteiger partial charge in [0, 0.05) is 12.7 Å². The number of hydrogen-bond acceptors (Lipinski definition) is 3. The molecule has 15 heavy (non-hydrogen) atoms. The Morgan fingerprint density at radius 3 is 2.80 bits per heavy atom. The van der Waals surface area contributed by atoms with E-state index in [-0.39, 0.29) is 12.1 Å². The van der Waals surface area contributed by atoms with Crippen LogP contribution in [0.4, 0.5) is 0 Å². The van der Waals surface area contributed by atoms with E-state index in [0.717, 1.165) is 18.5 Å². The van der Waals surface area contributed by atoms with Crippen LogP contribution in [-0.2, 0) is 18.2 Å². The molecule has 4 heteroatoms. The summed E-state index contributed by atoms with van der Waals surface area (Å²) < 4.78 is 6.80. The minimum atomic E-state index is -0.344. The van der Waals surface area contributed by atoms with Crippen molar-refractivity contribution < 1.29 is 9.53 Å². The molecule has 0 atom stereocenters. The second-order valence-corrected chi connectivity index (χ2v) is 3.85. The maximum absolute atomic E-state index is 11.5. The monoisotopic (exact) mass is 210 g/mol. The molecule has 0 amide bonds. The topological polar surface area (TPSA) is 44.1 Å². The van der Waals surface area contributed by atoms with E-state index < -0.39 is 0 Å². The van der Waals surface area contributed by atoms with Crippen LogP contribution in [0.2, 0.25) is 0 Å². The molecule has 0 aliphatic rings. The molecule has 0 saturated carbocycles. The summed E-state index contributed by atoms with van der Waals surface area (Å²) in [5, 5.41) is 4.12. The number of rotatable bonds is 4. The van der Waals surface area contributed by atoms with Crippen molar-refractivity contribution in [2.45, 2.75) is 39.7 Å². The molecule has 1 aromatic heterocycles. The van der Waals surface area contributed by atoms with Gasteiger partial charge in [0.05, 0.1) is 6.10 Å². The standard InChI is InChI=1S/C11H18N2O2/c1-5-6-9-7-10(12-13(9)4)11(14)15-8(2)3/h7-8H,5-6H2,1-4H3. The highest BCUT2D eigenvalue weighted by atomic mass is 16.5. The van der Waals surface area contributed by atoms with Gasteiger partial charge >= 0.3 is 5.97 Å². The van der Waals surface area contributed by atoms with Crippen molar-refractivity contribution in [3.05, 3.63) is 17.5 Å². The van der Waals surface area contributed by atoms with Crippen molar-refractivity contribution in [3.8, 4) is 0 Å². The van der Waals surface area contributed by atoms with E-state index in [0.29, 0.717) is 5.69 Å². The third-order valence-electron chi connectivity index (χ3n) is 2.03. The van der Waals surface area contributed by atoms with Crippen LogP contribution in [0, 0.1) is 0 Å². The van der Waals surface area contributed by atoms with Gasteiger partial charge in [0.2, 0.25) is 0 Å². The van der Waals surface area contributed by atoms with Gasteiger partial charge < -0.3 is 4.74 Å². The molecule has 0 saturated heterocycles. The highest BCUT2D eigenvalue weighted by Crippen LogP contribution is 2.08. The number of carbonyl (C=O) groups excluding carboxylic acids is 1. The molecule has 84 valence electrons. The molecular weight excluding hydrogens is 192 g/mol. The van der Waals surface area contributed by atoms with Gasteiger partial charge in [-0.15, -0.1) is 0 Å². The van der Waals surface area contributed by atoms with Gasteiger partial charge in [0.25, 0.3) is 0 Å². The van der Waals surface area contributed by atoms with Gasteiger partial charge in [-0.2, -0.15) is 5.10 Å². The summed E-state index contributed by atoms with van der Waals surface area (Å²) in [5.41, 5.74) is 1.46. The molecular formula is C11H18N2O2. The van der Waals surface area contributed by atoms with Crippen LogP contribution in [-0.4, -0.2) is 21.9 Å². The lowest BCUT2D eigenvalue weighted by Gasteiger charge is -2.04. The molecule has 0 aliphatic carbocycles. The van der Waals surface area contributed by atoms with Gasteiger partial charge in [-0.05, 0) is 26.3 Å². The van der Waals surface area contributed by atoms with E-state index in [1.165, 1.54) is 0 Å². The first-order valence-corrected chi connectivity index (χ1v) is 5.28. The molecule has 0 aliphatic heterocycles. The zero-order chi connectivity index (χ0) is 11.4. The quantitative estimate of drug-likeness (QED) is 0.713. The first-order chi connectivity index (χ1) is 7.04. The van der Waals surface area contributed by atoms with E-state index in [1.807, 2.05) is 20.9 Å². The smallest absolute Gasteiger partial charge is 0.359 e. The number of carbonyl (C=O) groups is 1. The van der Waals surface area contributed by atoms with Crippen molar-refractivity contribution in [3.63, 3.8) is 0 Å². The molecule has 0 N–H and O–H groups in total. The lowest BCUT2D eigenvalue weighted by Crippen LogP contribution is -2.12. The lowest BCUT2D eigenvalue weighted by atomic mass is 10.2. The number of aromatic nitrogens is 2. The van der Waals surface area contributed by atoms with Crippen molar-refractivity contribution in [1.82, 2.24) is 9.78 Å². The molecule has 0 bridgehead atoms. The predicted molar refractivity (Wildman–Crippen MR) is 57.8 cm³/mol. The largest absolute Gasteiger partial charge is 0.458 e. The van der Waals surface area contributed by atoms with Gasteiger partial charge in [0.15, 0.2) is 5.69 Å². The number of hydrogen-bond donors (Lipinski definition) is 0. The van der Waals surface area contributed by atoms with Crippen LogP contribution >= 0.6 is 0 Å². The fraction of sp³-hybridized carbons (Fsp3) is 0.636.